The summed E-state index contributed by atoms with van der Waals surface area (Å²) >= 11 is 11.8. The van der Waals surface area contributed by atoms with Crippen molar-refractivity contribution >= 4 is 41.0 Å². The average molecular weight is 461 g/mol. The molecule has 0 aliphatic heterocycles. The van der Waals surface area contributed by atoms with Crippen molar-refractivity contribution in [2.24, 2.45) is 5.10 Å². The molecule has 0 atom stereocenters. The lowest BCUT2D eigenvalue weighted by molar-refractivity contribution is -0.385. The number of carbonyl (C=O) groups is 1. The second-order valence-corrected chi connectivity index (χ2v) is 6.79. The molecule has 2 aromatic carbocycles. The van der Waals surface area contributed by atoms with Crippen molar-refractivity contribution in [2.45, 2.75) is 0 Å². The van der Waals surface area contributed by atoms with Crippen LogP contribution in [0.3, 0.4) is 0 Å². The lowest BCUT2D eigenvalue weighted by atomic mass is 10.2. The highest BCUT2D eigenvalue weighted by Crippen LogP contribution is 2.31. The SMILES string of the molecule is COc1cc(C=NNC(=O)c2ccc(Cl)cc2Cl)ccc1Oc1ccc([N+](=O)[O-])cn1. The van der Waals surface area contributed by atoms with Crippen molar-refractivity contribution < 1.29 is 19.2 Å². The van der Waals surface area contributed by atoms with E-state index < -0.39 is 10.8 Å². The number of carbonyl (C=O) groups excluding carboxylic acids is 1. The highest BCUT2D eigenvalue weighted by atomic mass is 35.5. The Morgan fingerprint density at radius 2 is 1.97 bits per heavy atom. The first-order valence-corrected chi connectivity index (χ1v) is 9.38. The molecule has 3 rings (SSSR count). The van der Waals surface area contributed by atoms with Crippen LogP contribution in [0.4, 0.5) is 5.69 Å². The van der Waals surface area contributed by atoms with Crippen LogP contribution in [-0.4, -0.2) is 29.1 Å². The zero-order valence-corrected chi connectivity index (χ0v) is 17.4. The minimum absolute atomic E-state index is 0.146. The summed E-state index contributed by atoms with van der Waals surface area (Å²) in [5.41, 5.74) is 3.08. The fraction of sp³-hybridized carbons (Fsp3) is 0.0500. The van der Waals surface area contributed by atoms with Gasteiger partial charge in [0, 0.05) is 17.2 Å². The number of rotatable bonds is 7. The van der Waals surface area contributed by atoms with Gasteiger partial charge in [-0.05, 0) is 42.0 Å². The monoisotopic (exact) mass is 460 g/mol. The van der Waals surface area contributed by atoms with Crippen LogP contribution in [-0.2, 0) is 0 Å². The molecular formula is C20H14Cl2N4O5. The van der Waals surface area contributed by atoms with E-state index in [9.17, 15) is 14.9 Å². The maximum Gasteiger partial charge on any atom is 0.287 e. The predicted molar refractivity (Wildman–Crippen MR) is 115 cm³/mol. The van der Waals surface area contributed by atoms with E-state index in [2.05, 4.69) is 15.5 Å². The number of aromatic nitrogens is 1. The molecule has 3 aromatic rings. The summed E-state index contributed by atoms with van der Waals surface area (Å²) in [5.74, 6) is 0.390. The lowest BCUT2D eigenvalue weighted by Gasteiger charge is -2.10. The normalized spacial score (nSPS) is 10.7. The van der Waals surface area contributed by atoms with E-state index in [0.29, 0.717) is 22.1 Å². The molecule has 0 fully saturated rings. The van der Waals surface area contributed by atoms with E-state index in [4.69, 9.17) is 32.7 Å². The van der Waals surface area contributed by atoms with Crippen LogP contribution < -0.4 is 14.9 Å². The summed E-state index contributed by atoms with van der Waals surface area (Å²) in [6, 6.07) is 12.1. The van der Waals surface area contributed by atoms with Crippen LogP contribution in [0.25, 0.3) is 0 Å². The second kappa shape index (κ2) is 9.88. The van der Waals surface area contributed by atoms with E-state index >= 15 is 0 Å². The predicted octanol–water partition coefficient (Wildman–Crippen LogP) is 4.86. The molecule has 1 aromatic heterocycles. The molecule has 1 heterocycles. The van der Waals surface area contributed by atoms with Gasteiger partial charge in [0.05, 0.1) is 28.8 Å². The van der Waals surface area contributed by atoms with Crippen molar-refractivity contribution in [1.29, 1.82) is 0 Å². The third-order valence-electron chi connectivity index (χ3n) is 3.89. The molecule has 0 spiro atoms. The smallest absolute Gasteiger partial charge is 0.287 e. The molecule has 0 unspecified atom stereocenters. The van der Waals surface area contributed by atoms with Crippen LogP contribution in [0.2, 0.25) is 10.0 Å². The van der Waals surface area contributed by atoms with Crippen molar-refractivity contribution in [3.8, 4) is 17.4 Å². The zero-order chi connectivity index (χ0) is 22.4. The molecule has 158 valence electrons. The average Bonchev–Trinajstić information content (AvgIpc) is 2.75. The first kappa shape index (κ1) is 22.0. The highest BCUT2D eigenvalue weighted by molar-refractivity contribution is 6.36. The van der Waals surface area contributed by atoms with Crippen LogP contribution in [0.1, 0.15) is 15.9 Å². The van der Waals surface area contributed by atoms with E-state index in [-0.39, 0.29) is 22.2 Å². The number of halogens is 2. The number of ether oxygens (including phenoxy) is 2. The van der Waals surface area contributed by atoms with Crippen LogP contribution in [0.5, 0.6) is 17.4 Å². The van der Waals surface area contributed by atoms with E-state index in [1.165, 1.54) is 37.6 Å². The molecule has 1 N–H and O–H groups in total. The number of nitrogens with zero attached hydrogens (tertiary/aromatic N) is 3. The fourth-order valence-corrected chi connectivity index (χ4v) is 2.90. The molecule has 31 heavy (non-hydrogen) atoms. The second-order valence-electron chi connectivity index (χ2n) is 5.95. The molecule has 9 nitrogen and oxygen atoms in total. The molecule has 0 radical (unpaired) electrons. The number of hydrogen-bond donors (Lipinski definition) is 1. The third-order valence-corrected chi connectivity index (χ3v) is 4.44. The molecule has 0 saturated heterocycles. The van der Waals surface area contributed by atoms with Crippen molar-refractivity contribution in [3.05, 3.63) is 86.0 Å². The Hall–Kier alpha value is -3.69. The summed E-state index contributed by atoms with van der Waals surface area (Å²) in [6.07, 6.45) is 2.51. The third kappa shape index (κ3) is 5.68. The van der Waals surface area contributed by atoms with Gasteiger partial charge in [-0.2, -0.15) is 5.10 Å². The summed E-state index contributed by atoms with van der Waals surface area (Å²) in [7, 11) is 1.46. The minimum Gasteiger partial charge on any atom is -0.493 e. The Labute approximate surface area is 186 Å². The Morgan fingerprint density at radius 1 is 1.16 bits per heavy atom. The van der Waals surface area contributed by atoms with Crippen molar-refractivity contribution in [2.75, 3.05) is 7.11 Å². The van der Waals surface area contributed by atoms with Crippen LogP contribution >= 0.6 is 23.2 Å². The first-order chi connectivity index (χ1) is 14.9. The van der Waals surface area contributed by atoms with E-state index in [1.807, 2.05) is 0 Å². The molecular weight excluding hydrogens is 447 g/mol. The fourth-order valence-electron chi connectivity index (χ4n) is 2.40. The largest absolute Gasteiger partial charge is 0.493 e. The number of nitro groups is 1. The lowest BCUT2D eigenvalue weighted by Crippen LogP contribution is -2.18. The van der Waals surface area contributed by atoms with Gasteiger partial charge in [-0.25, -0.2) is 10.4 Å². The number of nitrogens with one attached hydrogen (secondary N) is 1. The van der Waals surface area contributed by atoms with Crippen LogP contribution in [0.15, 0.2) is 59.8 Å². The van der Waals surface area contributed by atoms with E-state index in [0.717, 1.165) is 6.20 Å². The van der Waals surface area contributed by atoms with Gasteiger partial charge in [0.15, 0.2) is 11.5 Å². The number of methoxy groups -OCH3 is 1. The Kier molecular flexibility index (Phi) is 7.01. The van der Waals surface area contributed by atoms with Gasteiger partial charge in [0.25, 0.3) is 11.6 Å². The van der Waals surface area contributed by atoms with Crippen molar-refractivity contribution in [1.82, 2.24) is 10.4 Å². The van der Waals surface area contributed by atoms with Gasteiger partial charge < -0.3 is 9.47 Å². The topological polar surface area (TPSA) is 116 Å². The van der Waals surface area contributed by atoms with Gasteiger partial charge in [-0.3, -0.25) is 14.9 Å². The van der Waals surface area contributed by atoms with Gasteiger partial charge in [0.1, 0.15) is 6.20 Å². The molecule has 0 aliphatic rings. The maximum absolute atomic E-state index is 12.2. The summed E-state index contributed by atoms with van der Waals surface area (Å²) < 4.78 is 10.9. The molecule has 0 saturated carbocycles. The maximum atomic E-state index is 12.2. The number of amides is 1. The highest BCUT2D eigenvalue weighted by Gasteiger charge is 2.11. The number of hydrazone groups is 1. The number of hydrogen-bond acceptors (Lipinski definition) is 7. The molecule has 0 bridgehead atoms. The first-order valence-electron chi connectivity index (χ1n) is 8.62. The Bertz CT molecular complexity index is 1150. The van der Waals surface area contributed by atoms with Gasteiger partial charge >= 0.3 is 0 Å². The van der Waals surface area contributed by atoms with Gasteiger partial charge in [-0.1, -0.05) is 23.2 Å². The van der Waals surface area contributed by atoms with E-state index in [1.54, 1.807) is 24.3 Å². The molecule has 0 aliphatic carbocycles. The number of pyridine rings is 1. The minimum atomic E-state index is -0.550. The number of benzene rings is 2. The quantitative estimate of drug-likeness (QED) is 0.305. The van der Waals surface area contributed by atoms with Gasteiger partial charge in [0.2, 0.25) is 5.88 Å². The Morgan fingerprint density at radius 3 is 2.61 bits per heavy atom. The van der Waals surface area contributed by atoms with Crippen LogP contribution in [0, 0.1) is 10.1 Å². The van der Waals surface area contributed by atoms with Crippen molar-refractivity contribution in [3.63, 3.8) is 0 Å². The molecule has 11 heteroatoms. The zero-order valence-electron chi connectivity index (χ0n) is 15.9. The summed E-state index contributed by atoms with van der Waals surface area (Å²) in [4.78, 5) is 26.2. The summed E-state index contributed by atoms with van der Waals surface area (Å²) in [6.45, 7) is 0. The van der Waals surface area contributed by atoms with Gasteiger partial charge in [-0.15, -0.1) is 0 Å². The standard InChI is InChI=1S/C20H14Cl2N4O5/c1-30-18-8-12(10-24-25-20(27)15-5-3-13(21)9-16(15)22)2-6-17(18)31-19-7-4-14(11-23-19)26(28)29/h2-11H,1H3,(H,25,27). The Balaban J connectivity index is 1.69. The molecule has 1 amide bonds. The summed E-state index contributed by atoms with van der Waals surface area (Å²) in [5, 5.41) is 15.2.